The van der Waals surface area contributed by atoms with Crippen molar-refractivity contribution >= 4 is 29.2 Å². The average Bonchev–Trinajstić information content (AvgIpc) is 2.56. The lowest BCUT2D eigenvalue weighted by atomic mass is 10.1. The summed E-state index contributed by atoms with van der Waals surface area (Å²) in [6.07, 6.45) is 0.755. The highest BCUT2D eigenvalue weighted by Crippen LogP contribution is 2.20. The van der Waals surface area contributed by atoms with Crippen molar-refractivity contribution in [3.8, 4) is 5.75 Å². The molecule has 128 valence electrons. The van der Waals surface area contributed by atoms with Crippen LogP contribution < -0.4 is 15.4 Å². The molecule has 0 heterocycles. The summed E-state index contributed by atoms with van der Waals surface area (Å²) in [5.41, 5.74) is 2.09. The first-order chi connectivity index (χ1) is 11.5. The molecule has 4 nitrogen and oxygen atoms in total. The van der Waals surface area contributed by atoms with Gasteiger partial charge in [-0.2, -0.15) is 0 Å². The monoisotopic (exact) mass is 366 g/mol. The molecule has 0 unspecified atom stereocenters. The molecule has 0 fully saturated rings. The van der Waals surface area contributed by atoms with Crippen LogP contribution in [0.15, 0.2) is 42.5 Å². The molecule has 2 amide bonds. The largest absolute Gasteiger partial charge is 0.492 e. The molecule has 0 bridgehead atoms. The average molecular weight is 367 g/mol. The second-order valence-electron chi connectivity index (χ2n) is 5.32. The summed E-state index contributed by atoms with van der Waals surface area (Å²) < 4.78 is 5.56. The number of carbonyl (C=O) groups excluding carboxylic acids is 1. The minimum atomic E-state index is -0.208. The second-order valence-corrected chi connectivity index (χ2v) is 6.16. The normalized spacial score (nSPS) is 10.3. The Labute approximate surface area is 152 Å². The van der Waals surface area contributed by atoms with E-state index in [4.69, 9.17) is 27.9 Å². The van der Waals surface area contributed by atoms with Crippen molar-refractivity contribution in [1.29, 1.82) is 0 Å². The zero-order valence-corrected chi connectivity index (χ0v) is 15.0. The maximum Gasteiger partial charge on any atom is 0.314 e. The van der Waals surface area contributed by atoms with E-state index in [1.54, 1.807) is 6.07 Å². The van der Waals surface area contributed by atoms with Crippen molar-refractivity contribution in [2.45, 2.75) is 13.3 Å². The standard InChI is InChI=1S/C18H20Cl2N2O2/c1-13-12-16(6-7-17(13)20)24-11-10-22-18(23)21-9-8-14-2-4-15(19)5-3-14/h2-7,12H,8-11H2,1H3,(H2,21,22,23). The Hall–Kier alpha value is -1.91. The highest BCUT2D eigenvalue weighted by atomic mass is 35.5. The number of rotatable bonds is 7. The molecule has 2 rings (SSSR count). The Bertz CT molecular complexity index is 675. The van der Waals surface area contributed by atoms with Gasteiger partial charge in [0.1, 0.15) is 12.4 Å². The summed E-state index contributed by atoms with van der Waals surface area (Å²) in [6.45, 7) is 3.30. The third-order valence-corrected chi connectivity index (χ3v) is 4.07. The predicted octanol–water partition coefficient (Wildman–Crippen LogP) is 4.22. The Morgan fingerprint density at radius 2 is 1.75 bits per heavy atom. The fraction of sp³-hybridized carbons (Fsp3) is 0.278. The van der Waals surface area contributed by atoms with Crippen molar-refractivity contribution in [2.24, 2.45) is 0 Å². The van der Waals surface area contributed by atoms with Crippen LogP contribution >= 0.6 is 23.2 Å². The van der Waals surface area contributed by atoms with Gasteiger partial charge in [-0.05, 0) is 54.8 Å². The fourth-order valence-corrected chi connectivity index (χ4v) is 2.32. The number of benzene rings is 2. The number of hydrogen-bond acceptors (Lipinski definition) is 2. The van der Waals surface area contributed by atoms with Crippen LogP contribution in [0, 0.1) is 6.92 Å². The smallest absolute Gasteiger partial charge is 0.314 e. The third kappa shape index (κ3) is 6.30. The maximum absolute atomic E-state index is 11.7. The van der Waals surface area contributed by atoms with E-state index in [0.717, 1.165) is 23.3 Å². The van der Waals surface area contributed by atoms with E-state index in [-0.39, 0.29) is 6.03 Å². The van der Waals surface area contributed by atoms with Crippen molar-refractivity contribution in [1.82, 2.24) is 10.6 Å². The van der Waals surface area contributed by atoms with E-state index in [0.29, 0.717) is 29.7 Å². The zero-order chi connectivity index (χ0) is 17.4. The fourth-order valence-electron chi connectivity index (χ4n) is 2.07. The summed E-state index contributed by atoms with van der Waals surface area (Å²) in [5, 5.41) is 6.97. The van der Waals surface area contributed by atoms with Crippen LogP contribution in [0.25, 0.3) is 0 Å². The number of amides is 2. The van der Waals surface area contributed by atoms with Crippen LogP contribution in [0.5, 0.6) is 5.75 Å². The lowest BCUT2D eigenvalue weighted by Gasteiger charge is -2.10. The minimum absolute atomic E-state index is 0.208. The van der Waals surface area contributed by atoms with Crippen molar-refractivity contribution in [2.75, 3.05) is 19.7 Å². The Balaban J connectivity index is 1.59. The Morgan fingerprint density at radius 1 is 1.04 bits per heavy atom. The van der Waals surface area contributed by atoms with E-state index in [9.17, 15) is 4.79 Å². The number of urea groups is 1. The van der Waals surface area contributed by atoms with Gasteiger partial charge in [-0.1, -0.05) is 35.3 Å². The quantitative estimate of drug-likeness (QED) is 0.720. The number of carbonyl (C=O) groups is 1. The summed E-state index contributed by atoms with van der Waals surface area (Å²) in [5.74, 6) is 0.738. The van der Waals surface area contributed by atoms with E-state index in [1.165, 1.54) is 0 Å². The lowest BCUT2D eigenvalue weighted by molar-refractivity contribution is 0.236. The molecule has 0 aliphatic heterocycles. The van der Waals surface area contributed by atoms with Gasteiger partial charge in [-0.15, -0.1) is 0 Å². The highest BCUT2D eigenvalue weighted by molar-refractivity contribution is 6.31. The molecule has 0 aromatic heterocycles. The number of nitrogens with one attached hydrogen (secondary N) is 2. The first kappa shape index (κ1) is 18.4. The molecule has 2 aromatic carbocycles. The first-order valence-electron chi connectivity index (χ1n) is 7.69. The first-order valence-corrected chi connectivity index (χ1v) is 8.45. The lowest BCUT2D eigenvalue weighted by Crippen LogP contribution is -2.38. The van der Waals surface area contributed by atoms with Gasteiger partial charge in [0, 0.05) is 16.6 Å². The van der Waals surface area contributed by atoms with E-state index in [1.807, 2.05) is 43.3 Å². The summed E-state index contributed by atoms with van der Waals surface area (Å²) >= 11 is 11.8. The molecular formula is C18H20Cl2N2O2. The third-order valence-electron chi connectivity index (χ3n) is 3.40. The molecule has 2 aromatic rings. The number of hydrogen-bond donors (Lipinski definition) is 2. The molecule has 0 aliphatic carbocycles. The van der Waals surface area contributed by atoms with E-state index >= 15 is 0 Å². The molecule has 2 N–H and O–H groups in total. The molecule has 0 saturated carbocycles. The molecule has 0 spiro atoms. The molecule has 0 atom stereocenters. The summed E-state index contributed by atoms with van der Waals surface area (Å²) in [6, 6.07) is 12.8. The maximum atomic E-state index is 11.7. The number of aryl methyl sites for hydroxylation is 1. The number of halogens is 2. The SMILES string of the molecule is Cc1cc(OCCNC(=O)NCCc2ccc(Cl)cc2)ccc1Cl. The Kier molecular flexibility index (Phi) is 7.22. The molecule has 0 saturated heterocycles. The molecule has 0 aliphatic rings. The van der Waals surface area contributed by atoms with Crippen molar-refractivity contribution in [3.05, 3.63) is 63.6 Å². The molecule has 6 heteroatoms. The molecular weight excluding hydrogens is 347 g/mol. The van der Waals surface area contributed by atoms with Crippen LogP contribution in [-0.2, 0) is 6.42 Å². The van der Waals surface area contributed by atoms with Crippen LogP contribution in [0.3, 0.4) is 0 Å². The van der Waals surface area contributed by atoms with Gasteiger partial charge >= 0.3 is 6.03 Å². The van der Waals surface area contributed by atoms with Crippen LogP contribution in [0.2, 0.25) is 10.0 Å². The van der Waals surface area contributed by atoms with Gasteiger partial charge in [0.2, 0.25) is 0 Å². The van der Waals surface area contributed by atoms with Gasteiger partial charge in [0.25, 0.3) is 0 Å². The second kappa shape index (κ2) is 9.40. The van der Waals surface area contributed by atoms with Crippen molar-refractivity contribution in [3.63, 3.8) is 0 Å². The van der Waals surface area contributed by atoms with Crippen LogP contribution in [-0.4, -0.2) is 25.7 Å². The zero-order valence-electron chi connectivity index (χ0n) is 13.4. The molecule has 24 heavy (non-hydrogen) atoms. The van der Waals surface area contributed by atoms with Crippen LogP contribution in [0.4, 0.5) is 4.79 Å². The van der Waals surface area contributed by atoms with Gasteiger partial charge in [-0.25, -0.2) is 4.79 Å². The minimum Gasteiger partial charge on any atom is -0.492 e. The van der Waals surface area contributed by atoms with Gasteiger partial charge in [0.05, 0.1) is 6.54 Å². The predicted molar refractivity (Wildman–Crippen MR) is 98.2 cm³/mol. The number of ether oxygens (including phenoxy) is 1. The highest BCUT2D eigenvalue weighted by Gasteiger charge is 2.01. The Morgan fingerprint density at radius 3 is 2.46 bits per heavy atom. The molecule has 0 radical (unpaired) electrons. The van der Waals surface area contributed by atoms with E-state index < -0.39 is 0 Å². The summed E-state index contributed by atoms with van der Waals surface area (Å²) in [4.78, 5) is 11.7. The van der Waals surface area contributed by atoms with Gasteiger partial charge in [-0.3, -0.25) is 0 Å². The van der Waals surface area contributed by atoms with Crippen molar-refractivity contribution < 1.29 is 9.53 Å². The van der Waals surface area contributed by atoms with E-state index in [2.05, 4.69) is 10.6 Å². The van der Waals surface area contributed by atoms with Crippen LogP contribution in [0.1, 0.15) is 11.1 Å². The summed E-state index contributed by atoms with van der Waals surface area (Å²) in [7, 11) is 0. The van der Waals surface area contributed by atoms with Gasteiger partial charge in [0.15, 0.2) is 0 Å². The van der Waals surface area contributed by atoms with Gasteiger partial charge < -0.3 is 15.4 Å². The topological polar surface area (TPSA) is 50.4 Å².